The molecule has 0 unspecified atom stereocenters. The number of phenolic OH excluding ortho intramolecular Hbond substituents is 1. The predicted molar refractivity (Wildman–Crippen MR) is 299 cm³/mol. The molecule has 2 aromatic rings. The first-order valence-electron chi connectivity index (χ1n) is 27.0. The third-order valence-corrected chi connectivity index (χ3v) is 15.0. The van der Waals surface area contributed by atoms with Crippen LogP contribution in [0.1, 0.15) is 146 Å². The zero-order valence-corrected chi connectivity index (χ0v) is 49.4. The number of aliphatic hydroxyl groups excluding tert-OH is 1. The fraction of sp³-hybridized carbons (Fsp3) is 0.636. The Labute approximate surface area is 476 Å². The van der Waals surface area contributed by atoms with Gasteiger partial charge in [-0.3, -0.25) is 43.3 Å². The molecule has 1 aromatic heterocycles. The lowest BCUT2D eigenvalue weighted by Gasteiger charge is -2.37. The summed E-state index contributed by atoms with van der Waals surface area (Å²) in [6, 6.07) is 3.87. The number of benzene rings is 1. The highest BCUT2D eigenvalue weighted by Crippen LogP contribution is 2.33. The number of ether oxygens (including phenoxy) is 2. The smallest absolute Gasteiger partial charge is 0.373 e. The number of carbonyl (C=O) groups is 8. The maximum absolute atomic E-state index is 14.4. The average Bonchev–Trinajstić information content (AvgIpc) is 3.91. The fourth-order valence-corrected chi connectivity index (χ4v) is 10.2. The van der Waals surface area contributed by atoms with Gasteiger partial charge in [-0.05, 0) is 97.6 Å². The van der Waals surface area contributed by atoms with Crippen LogP contribution < -0.4 is 26.6 Å². The van der Waals surface area contributed by atoms with Gasteiger partial charge in [0.05, 0.1) is 36.0 Å². The number of hydrogen-bond donors (Lipinski definition) is 7. The Morgan fingerprint density at radius 1 is 0.975 bits per heavy atom. The number of Topliss-reactive ketones (excluding diaryl/α,β-unsaturated/α-hetero) is 1. The van der Waals surface area contributed by atoms with Crippen LogP contribution in [0.15, 0.2) is 34.1 Å². The van der Waals surface area contributed by atoms with Crippen LogP contribution in [0.2, 0.25) is 0 Å². The molecule has 6 amide bonds. The molecule has 0 bridgehead atoms. The highest BCUT2D eigenvalue weighted by molar-refractivity contribution is 9.12. The number of hydrogen-bond acceptors (Lipinski definition) is 17. The molecular weight excluding hydrogens is 1110 g/mol. The van der Waals surface area contributed by atoms with Gasteiger partial charge >= 0.3 is 12.1 Å². The first kappa shape index (κ1) is 69.2. The van der Waals surface area contributed by atoms with Crippen molar-refractivity contribution in [3.63, 3.8) is 0 Å². The van der Waals surface area contributed by atoms with Gasteiger partial charge in [0.1, 0.15) is 16.5 Å². The standard InChI is InChI=1S/C54H83BrN8O12S.CO2/c1-9-15-38(28-37-19-20-45(66)41(29-37)60-49(69)18-14-21-56-50(70)31-40(55)51(71)58-22-13-17-48(68)57-23-26-74-27-25-64)59-52(72)42-33-76-53(61-42)47(75-36(6)65)32-44(34(3)4)63(8)54(73)39(35(5)10-2)30-46(67)43-16-11-12-24-62(43)7;2-1-3/h19-20,29,31,33-35,38-39,43-44,47,64,66H,9-18,21-28,30,32H2,1-8H3,(H,56,70)(H,57,68)(H,58,71)(H,59,72)(H,60,69);/b40-31-;/t35-,38+,39-,43+,44+,47+;/m0./s1. The quantitative estimate of drug-likeness (QED) is 0.0207. The average molecular weight is 1190 g/mol. The van der Waals surface area contributed by atoms with Gasteiger partial charge in [0, 0.05) is 88.7 Å². The van der Waals surface area contributed by atoms with Gasteiger partial charge in [-0.15, -0.1) is 11.3 Å². The number of thiazole rings is 1. The fourth-order valence-electron chi connectivity index (χ4n) is 9.00. The van der Waals surface area contributed by atoms with Crippen LogP contribution in [0.5, 0.6) is 5.75 Å². The van der Waals surface area contributed by atoms with E-state index in [1.54, 1.807) is 29.5 Å². The molecule has 1 saturated heterocycles. The summed E-state index contributed by atoms with van der Waals surface area (Å²) < 4.78 is 10.9. The Balaban J connectivity index is 0.00000694. The molecule has 24 heteroatoms. The van der Waals surface area contributed by atoms with Crippen molar-refractivity contribution in [1.29, 1.82) is 0 Å². The van der Waals surface area contributed by atoms with Crippen LogP contribution >= 0.6 is 27.3 Å². The van der Waals surface area contributed by atoms with Gasteiger partial charge in [-0.1, -0.05) is 59.9 Å². The number of nitrogens with one attached hydrogen (secondary N) is 5. The largest absolute Gasteiger partial charge is 0.506 e. The van der Waals surface area contributed by atoms with Gasteiger partial charge < -0.3 is 51.2 Å². The van der Waals surface area contributed by atoms with E-state index in [2.05, 4.69) is 52.4 Å². The molecular formula is C55H83BrN8O14S. The van der Waals surface area contributed by atoms with Crippen LogP contribution in [0, 0.1) is 17.8 Å². The van der Waals surface area contributed by atoms with Gasteiger partial charge in [-0.2, -0.15) is 9.59 Å². The topological polar surface area (TPSA) is 309 Å². The first-order chi connectivity index (χ1) is 37.6. The van der Waals surface area contributed by atoms with E-state index in [0.717, 1.165) is 50.3 Å². The lowest BCUT2D eigenvalue weighted by Crippen LogP contribution is -2.48. The van der Waals surface area contributed by atoms with Crippen molar-refractivity contribution in [3.05, 3.63) is 50.4 Å². The number of aromatic hydroxyl groups is 1. The summed E-state index contributed by atoms with van der Waals surface area (Å²) in [7, 11) is 3.72. The Morgan fingerprint density at radius 2 is 1.66 bits per heavy atom. The summed E-state index contributed by atoms with van der Waals surface area (Å²) in [6.45, 7) is 13.2. The summed E-state index contributed by atoms with van der Waals surface area (Å²) in [5.41, 5.74) is 1.05. The second kappa shape index (κ2) is 37.9. The minimum atomic E-state index is -0.853. The normalized spacial score (nSPS) is 15.4. The van der Waals surface area contributed by atoms with E-state index < -0.39 is 41.6 Å². The molecule has 0 aliphatic carbocycles. The molecule has 1 aliphatic heterocycles. The molecule has 22 nitrogen and oxygen atoms in total. The summed E-state index contributed by atoms with van der Waals surface area (Å²) in [6.07, 6.45) is 6.93. The minimum absolute atomic E-state index is 0.00732. The Morgan fingerprint density at radius 3 is 2.29 bits per heavy atom. The van der Waals surface area contributed by atoms with Crippen LogP contribution in [0.4, 0.5) is 5.69 Å². The van der Waals surface area contributed by atoms with Crippen LogP contribution in [-0.4, -0.2) is 157 Å². The third kappa shape index (κ3) is 25.8. The van der Waals surface area contributed by atoms with E-state index in [1.807, 2.05) is 41.7 Å². The maximum atomic E-state index is 14.4. The van der Waals surface area contributed by atoms with Crippen molar-refractivity contribution in [2.24, 2.45) is 17.8 Å². The number of likely N-dealkylation sites (N-methyl/N-ethyl adjacent to an activating group) is 1. The Bertz CT molecular complexity index is 2360. The second-order valence-electron chi connectivity index (χ2n) is 19.9. The number of anilines is 1. The molecule has 0 saturated carbocycles. The monoisotopic (exact) mass is 1190 g/mol. The lowest BCUT2D eigenvalue weighted by molar-refractivity contribution is -0.192. The number of carbonyl (C=O) groups excluding carboxylic acids is 10. The van der Waals surface area contributed by atoms with Crippen LogP contribution in [-0.2, 0) is 59.0 Å². The molecule has 0 radical (unpaired) electrons. The predicted octanol–water partition coefficient (Wildman–Crippen LogP) is 5.12. The zero-order chi connectivity index (χ0) is 59.0. The minimum Gasteiger partial charge on any atom is -0.506 e. The number of likely N-dealkylation sites (tertiary alicyclic amines) is 1. The summed E-state index contributed by atoms with van der Waals surface area (Å²) in [4.78, 5) is 129. The SMILES string of the molecule is CCC[C@H](Cc1ccc(O)c(NC(=O)CCCNC(=O)/C=C(\Br)C(=O)NCCCC(=O)NCCOCCO)c1)NC(=O)c1csc([C@@H](C[C@H](C(C)C)N(C)C(=O)[C@@H](CC(=O)[C@H]2CCCCN2C)[C@@H](C)CC)OC(C)=O)n1.O=C=O. The summed E-state index contributed by atoms with van der Waals surface area (Å²) in [5, 5.41) is 35.1. The van der Waals surface area contributed by atoms with Gasteiger partial charge in [0.2, 0.25) is 23.6 Å². The van der Waals surface area contributed by atoms with Gasteiger partial charge in [0.25, 0.3) is 11.8 Å². The highest BCUT2D eigenvalue weighted by Gasteiger charge is 2.38. The van der Waals surface area contributed by atoms with E-state index >= 15 is 0 Å². The van der Waals surface area contributed by atoms with Crippen molar-refractivity contribution < 1.29 is 67.6 Å². The molecule has 2 heterocycles. The number of ketones is 1. The van der Waals surface area contributed by atoms with Crippen molar-refractivity contribution in [3.8, 4) is 5.75 Å². The van der Waals surface area contributed by atoms with Crippen LogP contribution in [0.3, 0.4) is 0 Å². The molecule has 6 atom stereocenters. The zero-order valence-electron chi connectivity index (χ0n) is 47.0. The highest BCUT2D eigenvalue weighted by atomic mass is 79.9. The molecule has 0 spiro atoms. The molecule has 1 fully saturated rings. The van der Waals surface area contributed by atoms with Crippen molar-refractivity contribution in [1.82, 2.24) is 36.1 Å². The summed E-state index contributed by atoms with van der Waals surface area (Å²) >= 11 is 4.28. The number of aromatic nitrogens is 1. The first-order valence-corrected chi connectivity index (χ1v) is 28.7. The number of halogens is 1. The summed E-state index contributed by atoms with van der Waals surface area (Å²) in [5.74, 6) is -3.46. The van der Waals surface area contributed by atoms with E-state index in [0.29, 0.717) is 30.8 Å². The lowest BCUT2D eigenvalue weighted by atomic mass is 9.83. The molecule has 1 aliphatic rings. The number of amides is 6. The number of rotatable bonds is 34. The van der Waals surface area contributed by atoms with Crippen molar-refractivity contribution in [2.75, 3.05) is 65.4 Å². The number of phenols is 1. The van der Waals surface area contributed by atoms with Crippen molar-refractivity contribution >= 4 is 86.3 Å². The molecule has 3 rings (SSSR count). The van der Waals surface area contributed by atoms with Crippen LogP contribution in [0.25, 0.3) is 0 Å². The van der Waals surface area contributed by atoms with Crippen molar-refractivity contribution in [2.45, 2.75) is 149 Å². The van der Waals surface area contributed by atoms with E-state index in [4.69, 9.17) is 24.2 Å². The second-order valence-corrected chi connectivity index (χ2v) is 21.6. The van der Waals surface area contributed by atoms with E-state index in [1.165, 1.54) is 24.3 Å². The van der Waals surface area contributed by atoms with E-state index in [-0.39, 0.29) is 140 Å². The van der Waals surface area contributed by atoms with Gasteiger partial charge in [0.15, 0.2) is 11.9 Å². The Hall–Kier alpha value is -5.91. The Kier molecular flexibility index (Phi) is 33.2. The number of nitrogens with zero attached hydrogens (tertiary/aromatic N) is 3. The molecule has 1 aromatic carbocycles. The maximum Gasteiger partial charge on any atom is 0.373 e. The third-order valence-electron chi connectivity index (χ3n) is 13.4. The van der Waals surface area contributed by atoms with Gasteiger partial charge in [-0.25, -0.2) is 4.98 Å². The molecule has 79 heavy (non-hydrogen) atoms. The van der Waals surface area contributed by atoms with E-state index in [9.17, 15) is 43.5 Å². The number of esters is 1. The molecule has 440 valence electrons. The number of aliphatic hydroxyl groups is 1. The molecule has 7 N–H and O–H groups in total. The number of piperidine rings is 1.